The third-order valence-electron chi connectivity index (χ3n) is 9.23. The van der Waals surface area contributed by atoms with Crippen molar-refractivity contribution in [1.29, 1.82) is 0 Å². The summed E-state index contributed by atoms with van der Waals surface area (Å²) in [5.41, 5.74) is 5.16. The first-order chi connectivity index (χ1) is 25.1. The summed E-state index contributed by atoms with van der Waals surface area (Å²) >= 11 is 0. The highest BCUT2D eigenvalue weighted by molar-refractivity contribution is 5.96. The third-order valence-corrected chi connectivity index (χ3v) is 9.23. The average molecular weight is 701 g/mol. The van der Waals surface area contributed by atoms with E-state index in [4.69, 9.17) is 0 Å². The van der Waals surface area contributed by atoms with Crippen LogP contribution >= 0.6 is 0 Å². The van der Waals surface area contributed by atoms with E-state index >= 15 is 0 Å². The number of carbonyl (C=O) groups excluding carboxylic acids is 3. The maximum Gasteiger partial charge on any atom is 0.243 e. The Morgan fingerprint density at radius 3 is 1.77 bits per heavy atom. The van der Waals surface area contributed by atoms with Crippen LogP contribution in [-0.2, 0) is 14.4 Å². The van der Waals surface area contributed by atoms with Gasteiger partial charge in [0, 0.05) is 30.4 Å². The molecule has 0 aliphatic carbocycles. The van der Waals surface area contributed by atoms with Gasteiger partial charge in [-0.25, -0.2) is 0 Å². The van der Waals surface area contributed by atoms with Crippen LogP contribution in [0.25, 0.3) is 12.2 Å². The molecule has 3 amide bonds. The number of nitrogens with one attached hydrogen (secondary N) is 2. The van der Waals surface area contributed by atoms with Crippen LogP contribution in [0.1, 0.15) is 74.6 Å². The van der Waals surface area contributed by atoms with E-state index < -0.39 is 12.3 Å². The molecule has 0 aliphatic heterocycles. The van der Waals surface area contributed by atoms with E-state index in [0.717, 1.165) is 28.7 Å². The molecule has 0 spiro atoms. The molecular weight excluding hydrogens is 649 g/mol. The maximum absolute atomic E-state index is 13.3. The number of anilines is 2. The molecule has 3 N–H and O–H groups in total. The Bertz CT molecular complexity index is 1760. The zero-order chi connectivity index (χ0) is 37.5. The van der Waals surface area contributed by atoms with Crippen LogP contribution in [0.15, 0.2) is 122 Å². The molecule has 0 heterocycles. The van der Waals surface area contributed by atoms with E-state index in [9.17, 15) is 19.5 Å². The summed E-state index contributed by atoms with van der Waals surface area (Å²) in [5, 5.41) is 17.1. The number of aliphatic hydroxyl groups excluding tert-OH is 1. The van der Waals surface area contributed by atoms with Crippen LogP contribution in [-0.4, -0.2) is 64.5 Å². The molecule has 4 rings (SSSR count). The van der Waals surface area contributed by atoms with Gasteiger partial charge in [-0.15, -0.1) is 6.58 Å². The van der Waals surface area contributed by atoms with Crippen LogP contribution in [0.3, 0.4) is 0 Å². The number of aliphatic hydroxyl groups is 1. The summed E-state index contributed by atoms with van der Waals surface area (Å²) in [4.78, 5) is 42.9. The number of amides is 3. The zero-order valence-electron chi connectivity index (χ0n) is 30.7. The molecule has 0 saturated carbocycles. The molecule has 0 aliphatic rings. The number of hydrogen-bond donors (Lipinski definition) is 3. The highest BCUT2D eigenvalue weighted by Gasteiger charge is 2.30. The average Bonchev–Trinajstić information content (AvgIpc) is 3.18. The van der Waals surface area contributed by atoms with Gasteiger partial charge in [0.1, 0.15) is 6.23 Å². The molecular formula is C44H52N4O4. The Kier molecular flexibility index (Phi) is 15.1. The lowest BCUT2D eigenvalue weighted by molar-refractivity contribution is -0.135. The third kappa shape index (κ3) is 11.4. The van der Waals surface area contributed by atoms with Gasteiger partial charge in [0.25, 0.3) is 0 Å². The van der Waals surface area contributed by atoms with Crippen molar-refractivity contribution in [1.82, 2.24) is 9.80 Å². The highest BCUT2D eigenvalue weighted by atomic mass is 16.3. The Hall–Kier alpha value is -5.31. The van der Waals surface area contributed by atoms with Crippen LogP contribution in [0.4, 0.5) is 11.4 Å². The monoisotopic (exact) mass is 700 g/mol. The van der Waals surface area contributed by atoms with Crippen LogP contribution < -0.4 is 10.6 Å². The molecule has 8 heteroatoms. The van der Waals surface area contributed by atoms with Gasteiger partial charge in [-0.2, -0.15) is 0 Å². The number of hydrogen-bond acceptors (Lipinski definition) is 5. The quantitative estimate of drug-likeness (QED) is 0.0553. The van der Waals surface area contributed by atoms with Gasteiger partial charge in [0.2, 0.25) is 17.7 Å². The number of benzene rings is 4. The van der Waals surface area contributed by atoms with Crippen molar-refractivity contribution in [3.05, 3.63) is 144 Å². The van der Waals surface area contributed by atoms with E-state index in [-0.39, 0.29) is 36.1 Å². The van der Waals surface area contributed by atoms with Gasteiger partial charge in [0.15, 0.2) is 0 Å². The van der Waals surface area contributed by atoms with Crippen molar-refractivity contribution < 1.29 is 19.5 Å². The van der Waals surface area contributed by atoms with Crippen LogP contribution in [0.2, 0.25) is 0 Å². The highest BCUT2D eigenvalue weighted by Crippen LogP contribution is 2.24. The lowest BCUT2D eigenvalue weighted by Crippen LogP contribution is -2.50. The van der Waals surface area contributed by atoms with Gasteiger partial charge >= 0.3 is 0 Å². The second-order valence-electron chi connectivity index (χ2n) is 13.1. The van der Waals surface area contributed by atoms with Crippen LogP contribution in [0, 0.1) is 0 Å². The zero-order valence-corrected chi connectivity index (χ0v) is 30.7. The molecule has 4 atom stereocenters. The number of carbonyl (C=O) groups is 3. The van der Waals surface area contributed by atoms with E-state index in [0.29, 0.717) is 30.9 Å². The van der Waals surface area contributed by atoms with E-state index in [2.05, 4.69) is 17.2 Å². The van der Waals surface area contributed by atoms with Crippen molar-refractivity contribution in [3.8, 4) is 0 Å². The predicted molar refractivity (Wildman–Crippen MR) is 213 cm³/mol. The molecule has 0 radical (unpaired) electrons. The fraction of sp³-hybridized carbons (Fsp3) is 0.295. The Morgan fingerprint density at radius 1 is 0.731 bits per heavy atom. The first-order valence-corrected chi connectivity index (χ1v) is 18.0. The molecule has 52 heavy (non-hydrogen) atoms. The van der Waals surface area contributed by atoms with E-state index in [1.165, 1.54) is 0 Å². The first-order valence-electron chi connectivity index (χ1n) is 18.0. The van der Waals surface area contributed by atoms with Gasteiger partial charge in [-0.1, -0.05) is 117 Å². The van der Waals surface area contributed by atoms with Crippen LogP contribution in [0.5, 0.6) is 0 Å². The standard InChI is InChI=1S/C44H52N4O4/c1-6-8-30-47(43(51)32(3)37-15-11-9-12-16-37)31-41(49)45-39-25-21-35(22-26-39)19-20-36-23-27-40(28-24-36)46-42(50)34(5)48(29-7-2)44(52)33(4)38-17-13-10-14-18-38/h6,9-28,32-34,44,52H,1,7-8,29-31H2,2-5H3,(H,45,49)(H,46,50)/b20-19+/t32-,33-,34+,44?/m1/s1. The molecule has 0 bridgehead atoms. The normalized spacial score (nSPS) is 13.6. The summed E-state index contributed by atoms with van der Waals surface area (Å²) in [6.45, 7) is 12.4. The van der Waals surface area contributed by atoms with Crippen molar-refractivity contribution in [3.63, 3.8) is 0 Å². The minimum Gasteiger partial charge on any atom is -0.378 e. The first kappa shape index (κ1) is 39.5. The minimum absolute atomic E-state index is 0.0483. The molecule has 4 aromatic rings. The molecule has 0 aromatic heterocycles. The largest absolute Gasteiger partial charge is 0.378 e. The van der Waals surface area contributed by atoms with Crippen molar-refractivity contribution in [2.75, 3.05) is 30.3 Å². The maximum atomic E-state index is 13.3. The summed E-state index contributed by atoms with van der Waals surface area (Å²) < 4.78 is 0. The Balaban J connectivity index is 1.30. The summed E-state index contributed by atoms with van der Waals surface area (Å²) in [5.74, 6) is -1.06. The topological polar surface area (TPSA) is 102 Å². The molecule has 8 nitrogen and oxygen atoms in total. The van der Waals surface area contributed by atoms with Crippen molar-refractivity contribution >= 4 is 41.2 Å². The molecule has 4 aromatic carbocycles. The second kappa shape index (κ2) is 19.9. The lowest BCUT2D eigenvalue weighted by Gasteiger charge is -2.35. The van der Waals surface area contributed by atoms with Crippen molar-refractivity contribution in [2.24, 2.45) is 0 Å². The molecule has 0 saturated heterocycles. The summed E-state index contributed by atoms with van der Waals surface area (Å²) in [7, 11) is 0. The van der Waals surface area contributed by atoms with Gasteiger partial charge < -0.3 is 20.6 Å². The lowest BCUT2D eigenvalue weighted by atomic mass is 9.97. The fourth-order valence-electron chi connectivity index (χ4n) is 6.02. The SMILES string of the molecule is C=CCCN(CC(=O)Nc1ccc(/C=C/c2ccc(NC(=O)[C@H](C)N(CCC)C(O)[C@H](C)c3ccccc3)cc2)cc1)C(=O)[C@H](C)c1ccccc1. The Morgan fingerprint density at radius 2 is 1.25 bits per heavy atom. The molecule has 1 unspecified atom stereocenters. The summed E-state index contributed by atoms with van der Waals surface area (Å²) in [6.07, 6.45) is 6.29. The van der Waals surface area contributed by atoms with Gasteiger partial charge in [-0.05, 0) is 73.2 Å². The van der Waals surface area contributed by atoms with Gasteiger partial charge in [-0.3, -0.25) is 19.3 Å². The molecule has 0 fully saturated rings. The second-order valence-corrected chi connectivity index (χ2v) is 13.1. The van der Waals surface area contributed by atoms with E-state index in [1.54, 1.807) is 11.0 Å². The smallest absolute Gasteiger partial charge is 0.243 e. The Labute approximate surface area is 308 Å². The van der Waals surface area contributed by atoms with E-state index in [1.807, 2.05) is 154 Å². The number of nitrogens with zero attached hydrogens (tertiary/aromatic N) is 2. The molecule has 272 valence electrons. The van der Waals surface area contributed by atoms with Gasteiger partial charge in [0.05, 0.1) is 18.5 Å². The predicted octanol–water partition coefficient (Wildman–Crippen LogP) is 8.17. The fourth-order valence-corrected chi connectivity index (χ4v) is 6.02. The summed E-state index contributed by atoms with van der Waals surface area (Å²) in [6, 6.07) is 34.0. The number of rotatable bonds is 18. The minimum atomic E-state index is -0.802. The van der Waals surface area contributed by atoms with Crippen molar-refractivity contribution in [2.45, 2.75) is 64.6 Å².